The highest BCUT2D eigenvalue weighted by Crippen LogP contribution is 2.24. The number of hydrogen-bond acceptors (Lipinski definition) is 3. The van der Waals surface area contributed by atoms with Crippen LogP contribution < -0.4 is 10.1 Å². The Bertz CT molecular complexity index is 462. The van der Waals surface area contributed by atoms with E-state index in [9.17, 15) is 9.59 Å². The van der Waals surface area contributed by atoms with Gasteiger partial charge in [0.1, 0.15) is 5.75 Å². The average molecular weight is 286 g/mol. The number of carboxylic acid groups (broad SMARTS) is 1. The van der Waals surface area contributed by atoms with Crippen LogP contribution in [0.5, 0.6) is 5.75 Å². The summed E-state index contributed by atoms with van der Waals surface area (Å²) in [6.45, 7) is 2.07. The molecular formula is C13H16ClNO4. The Balaban J connectivity index is 2.30. The third-order valence-corrected chi connectivity index (χ3v) is 2.65. The number of carboxylic acids is 1. The van der Waals surface area contributed by atoms with Gasteiger partial charge >= 0.3 is 5.97 Å². The van der Waals surface area contributed by atoms with Crippen LogP contribution >= 0.6 is 11.6 Å². The fourth-order valence-electron chi connectivity index (χ4n) is 1.38. The number of halogens is 1. The predicted molar refractivity (Wildman–Crippen MR) is 71.6 cm³/mol. The lowest BCUT2D eigenvalue weighted by Crippen LogP contribution is -2.30. The Hall–Kier alpha value is -1.75. The van der Waals surface area contributed by atoms with Crippen LogP contribution in [0.15, 0.2) is 18.2 Å². The van der Waals surface area contributed by atoms with Crippen molar-refractivity contribution in [2.24, 2.45) is 0 Å². The molecule has 1 rings (SSSR count). The van der Waals surface area contributed by atoms with E-state index >= 15 is 0 Å². The lowest BCUT2D eigenvalue weighted by Gasteiger charge is -2.09. The maximum Gasteiger partial charge on any atom is 0.303 e. The summed E-state index contributed by atoms with van der Waals surface area (Å²) in [6, 6.07) is 5.30. The molecule has 1 aromatic carbocycles. The Labute approximate surface area is 116 Å². The largest absolute Gasteiger partial charge is 0.482 e. The van der Waals surface area contributed by atoms with E-state index in [0.29, 0.717) is 23.7 Å². The Morgan fingerprint density at radius 2 is 2.16 bits per heavy atom. The summed E-state index contributed by atoms with van der Waals surface area (Å²) in [5.74, 6) is -0.720. The van der Waals surface area contributed by atoms with Crippen LogP contribution in [0.25, 0.3) is 0 Å². The maximum absolute atomic E-state index is 11.4. The molecule has 0 fully saturated rings. The summed E-state index contributed by atoms with van der Waals surface area (Å²) < 4.78 is 5.30. The first-order valence-corrected chi connectivity index (χ1v) is 6.24. The number of ether oxygens (including phenoxy) is 1. The van der Waals surface area contributed by atoms with Crippen molar-refractivity contribution < 1.29 is 19.4 Å². The molecule has 0 unspecified atom stereocenters. The predicted octanol–water partition coefficient (Wildman–Crippen LogP) is 2.01. The topological polar surface area (TPSA) is 75.6 Å². The van der Waals surface area contributed by atoms with E-state index in [4.69, 9.17) is 21.4 Å². The van der Waals surface area contributed by atoms with Crippen LogP contribution in [0.1, 0.15) is 18.4 Å². The van der Waals surface area contributed by atoms with E-state index in [2.05, 4.69) is 5.32 Å². The monoisotopic (exact) mass is 285 g/mol. The number of benzene rings is 1. The molecule has 0 saturated heterocycles. The van der Waals surface area contributed by atoms with Crippen molar-refractivity contribution >= 4 is 23.5 Å². The van der Waals surface area contributed by atoms with Gasteiger partial charge in [0.2, 0.25) is 0 Å². The van der Waals surface area contributed by atoms with Crippen molar-refractivity contribution in [3.05, 3.63) is 28.8 Å². The summed E-state index contributed by atoms with van der Waals surface area (Å²) in [4.78, 5) is 21.7. The van der Waals surface area contributed by atoms with Gasteiger partial charge in [-0.05, 0) is 31.0 Å². The zero-order valence-corrected chi connectivity index (χ0v) is 11.4. The second-order valence-electron chi connectivity index (χ2n) is 4.07. The van der Waals surface area contributed by atoms with Gasteiger partial charge in [0.05, 0.1) is 5.02 Å². The van der Waals surface area contributed by atoms with Gasteiger partial charge in [-0.3, -0.25) is 9.59 Å². The molecule has 0 aliphatic carbocycles. The number of amides is 1. The molecule has 0 heterocycles. The molecule has 6 heteroatoms. The summed E-state index contributed by atoms with van der Waals surface area (Å²) in [7, 11) is 0. The van der Waals surface area contributed by atoms with Crippen molar-refractivity contribution in [1.29, 1.82) is 0 Å². The number of rotatable bonds is 7. The van der Waals surface area contributed by atoms with Gasteiger partial charge in [0, 0.05) is 13.0 Å². The molecule has 0 saturated carbocycles. The van der Waals surface area contributed by atoms with Gasteiger partial charge in [-0.2, -0.15) is 0 Å². The standard InChI is InChI=1S/C13H16ClNO4/c1-9-4-5-10(14)11(7-9)19-8-12(16)15-6-2-3-13(17)18/h4-5,7H,2-3,6,8H2,1H3,(H,15,16)(H,17,18). The van der Waals surface area contributed by atoms with Crippen LogP contribution in [0.3, 0.4) is 0 Å². The molecule has 0 aromatic heterocycles. The minimum atomic E-state index is -0.878. The number of carbonyl (C=O) groups excluding carboxylic acids is 1. The van der Waals surface area contributed by atoms with E-state index in [1.165, 1.54) is 0 Å². The zero-order valence-electron chi connectivity index (χ0n) is 10.6. The molecule has 0 radical (unpaired) electrons. The summed E-state index contributed by atoms with van der Waals surface area (Å²) >= 11 is 5.92. The van der Waals surface area contributed by atoms with Crippen LogP contribution in [0.4, 0.5) is 0 Å². The quantitative estimate of drug-likeness (QED) is 0.752. The summed E-state index contributed by atoms with van der Waals surface area (Å²) in [6.07, 6.45) is 0.428. The van der Waals surface area contributed by atoms with Gasteiger partial charge in [-0.15, -0.1) is 0 Å². The molecule has 2 N–H and O–H groups in total. The number of aliphatic carboxylic acids is 1. The highest BCUT2D eigenvalue weighted by Gasteiger charge is 2.06. The number of aryl methyl sites for hydroxylation is 1. The number of nitrogens with one attached hydrogen (secondary N) is 1. The molecule has 0 bridgehead atoms. The number of hydrogen-bond donors (Lipinski definition) is 2. The van der Waals surface area contributed by atoms with Crippen molar-refractivity contribution in [2.75, 3.05) is 13.2 Å². The second-order valence-corrected chi connectivity index (χ2v) is 4.48. The normalized spacial score (nSPS) is 10.0. The number of carbonyl (C=O) groups is 2. The van der Waals surface area contributed by atoms with E-state index in [1.807, 2.05) is 13.0 Å². The third-order valence-electron chi connectivity index (χ3n) is 2.34. The highest BCUT2D eigenvalue weighted by atomic mass is 35.5. The second kappa shape index (κ2) is 7.63. The zero-order chi connectivity index (χ0) is 14.3. The molecule has 1 amide bonds. The molecule has 19 heavy (non-hydrogen) atoms. The smallest absolute Gasteiger partial charge is 0.303 e. The molecule has 0 spiro atoms. The van der Waals surface area contributed by atoms with Crippen LogP contribution in [0.2, 0.25) is 5.02 Å². The Morgan fingerprint density at radius 1 is 1.42 bits per heavy atom. The SMILES string of the molecule is Cc1ccc(Cl)c(OCC(=O)NCCCC(=O)O)c1. The van der Waals surface area contributed by atoms with Crippen LogP contribution in [0, 0.1) is 6.92 Å². The van der Waals surface area contributed by atoms with Gasteiger partial charge in [0.25, 0.3) is 5.91 Å². The Morgan fingerprint density at radius 3 is 2.84 bits per heavy atom. The van der Waals surface area contributed by atoms with Crippen LogP contribution in [-0.2, 0) is 9.59 Å². The molecule has 0 atom stereocenters. The minimum absolute atomic E-state index is 0.0326. The van der Waals surface area contributed by atoms with Crippen molar-refractivity contribution in [3.8, 4) is 5.75 Å². The fourth-order valence-corrected chi connectivity index (χ4v) is 1.56. The first kappa shape index (κ1) is 15.3. The van der Waals surface area contributed by atoms with Gasteiger partial charge in [-0.1, -0.05) is 17.7 Å². The molecule has 1 aromatic rings. The molecule has 104 valence electrons. The van der Waals surface area contributed by atoms with E-state index in [-0.39, 0.29) is 18.9 Å². The molecule has 0 aliphatic heterocycles. The first-order valence-electron chi connectivity index (χ1n) is 5.86. The summed E-state index contributed by atoms with van der Waals surface area (Å²) in [5, 5.41) is 11.5. The Kier molecular flexibility index (Phi) is 6.15. The maximum atomic E-state index is 11.4. The van der Waals surface area contributed by atoms with E-state index in [0.717, 1.165) is 5.56 Å². The molecule has 5 nitrogen and oxygen atoms in total. The fraction of sp³-hybridized carbons (Fsp3) is 0.385. The lowest BCUT2D eigenvalue weighted by molar-refractivity contribution is -0.137. The van der Waals surface area contributed by atoms with E-state index in [1.54, 1.807) is 12.1 Å². The van der Waals surface area contributed by atoms with Crippen LogP contribution in [-0.4, -0.2) is 30.1 Å². The minimum Gasteiger partial charge on any atom is -0.482 e. The van der Waals surface area contributed by atoms with Crippen molar-refractivity contribution in [2.45, 2.75) is 19.8 Å². The average Bonchev–Trinajstić information content (AvgIpc) is 2.35. The molecule has 0 aliphatic rings. The first-order chi connectivity index (χ1) is 8.99. The van der Waals surface area contributed by atoms with Crippen molar-refractivity contribution in [3.63, 3.8) is 0 Å². The van der Waals surface area contributed by atoms with Gasteiger partial charge in [0.15, 0.2) is 6.61 Å². The highest BCUT2D eigenvalue weighted by molar-refractivity contribution is 6.32. The van der Waals surface area contributed by atoms with Gasteiger partial charge in [-0.25, -0.2) is 0 Å². The molecular weight excluding hydrogens is 270 g/mol. The van der Waals surface area contributed by atoms with E-state index < -0.39 is 5.97 Å². The van der Waals surface area contributed by atoms with Gasteiger partial charge < -0.3 is 15.2 Å². The van der Waals surface area contributed by atoms with Crippen molar-refractivity contribution in [1.82, 2.24) is 5.32 Å². The summed E-state index contributed by atoms with van der Waals surface area (Å²) in [5.41, 5.74) is 0.987. The lowest BCUT2D eigenvalue weighted by atomic mass is 10.2. The third kappa shape index (κ3) is 6.10.